The number of carbonyl (C=O) groups excluding carboxylic acids is 2. The van der Waals surface area contributed by atoms with Gasteiger partial charge < -0.3 is 64.5 Å². The van der Waals surface area contributed by atoms with Crippen molar-refractivity contribution in [3.8, 4) is 0 Å². The number of ether oxygens (including phenoxy) is 5. The highest BCUT2D eigenvalue weighted by Crippen LogP contribution is 2.76. The molecule has 0 spiro atoms. The topological polar surface area (TPSA) is 276 Å². The van der Waals surface area contributed by atoms with Crippen LogP contribution in [0.15, 0.2) is 11.6 Å². The first kappa shape index (κ1) is 43.1. The van der Waals surface area contributed by atoms with Crippen LogP contribution < -0.4 is 0 Å². The molecule has 59 heavy (non-hydrogen) atoms. The summed E-state index contributed by atoms with van der Waals surface area (Å²) in [5.41, 5.74) is -2.32. The number of carbonyl (C=O) groups is 4. The molecule has 8 rings (SSSR count). The fourth-order valence-corrected chi connectivity index (χ4v) is 13.9. The fraction of sp³-hybridized carbons (Fsp3) is 0.857. The van der Waals surface area contributed by atoms with Crippen LogP contribution in [0.1, 0.15) is 92.9 Å². The van der Waals surface area contributed by atoms with E-state index in [0.29, 0.717) is 32.1 Å². The molecule has 8 aliphatic rings. The number of hydrogen-bond acceptors (Lipinski definition) is 15. The van der Waals surface area contributed by atoms with E-state index >= 15 is 0 Å². The second-order valence-electron chi connectivity index (χ2n) is 20.6. The van der Waals surface area contributed by atoms with Crippen molar-refractivity contribution in [3.63, 3.8) is 0 Å². The molecule has 0 unspecified atom stereocenters. The standard InChI is InChI=1S/C42H60O17/c1-37-14-18-17-13-19(44)31-39(3)9-8-21(40(4,16-43)20(39)7-10-42(31,6)41(17,5)12-11-38(18,2)22(15-37)56-36(37)54)55-35-30(26(48)25(47)29(58-35)33(52)53)59-34-27(49)23(45)24(46)28(57-34)32(50)51/h13,18,20-31,34-35,43,45-49H,7-12,14-16H2,1-6H3,(H,50,51)(H,52,53)/t18-,20+,21-,22+,23-,24-,25-,26-,27+,28-,29-,30+,31+,34-,35-,37+,38+,39-,40+,41+,42+/m0/s1. The van der Waals surface area contributed by atoms with Crippen LogP contribution >= 0.6 is 0 Å². The molecule has 8 N–H and O–H groups in total. The van der Waals surface area contributed by atoms with Gasteiger partial charge in [0.15, 0.2) is 30.6 Å². The van der Waals surface area contributed by atoms with Gasteiger partial charge >= 0.3 is 17.9 Å². The highest BCUT2D eigenvalue weighted by atomic mass is 16.8. The lowest BCUT2D eigenvalue weighted by atomic mass is 9.33. The Morgan fingerprint density at radius 1 is 0.746 bits per heavy atom. The van der Waals surface area contributed by atoms with Crippen molar-refractivity contribution in [1.29, 1.82) is 0 Å². The third-order valence-electron chi connectivity index (χ3n) is 17.6. The van der Waals surface area contributed by atoms with Crippen molar-refractivity contribution >= 4 is 23.7 Å². The van der Waals surface area contributed by atoms with Gasteiger partial charge in [0.1, 0.15) is 42.7 Å². The lowest BCUT2D eigenvalue weighted by molar-refractivity contribution is -0.372. The van der Waals surface area contributed by atoms with Crippen LogP contribution in [0.4, 0.5) is 0 Å². The van der Waals surface area contributed by atoms with Crippen LogP contribution in [0.2, 0.25) is 0 Å². The zero-order valence-corrected chi connectivity index (χ0v) is 34.4. The zero-order chi connectivity index (χ0) is 43.2. The molecular weight excluding hydrogens is 776 g/mol. The number of allylic oxidation sites excluding steroid dienone is 2. The average molecular weight is 837 g/mol. The minimum absolute atomic E-state index is 0.00757. The predicted molar refractivity (Wildman–Crippen MR) is 198 cm³/mol. The second-order valence-corrected chi connectivity index (χ2v) is 20.6. The number of ketones is 1. The third-order valence-corrected chi connectivity index (χ3v) is 17.6. The molecule has 2 bridgehead atoms. The molecule has 7 fully saturated rings. The van der Waals surface area contributed by atoms with E-state index in [0.717, 1.165) is 18.4 Å². The SMILES string of the molecule is C[C@@]12C[C@@H](OC1=O)[C@]1(C)CC[C@]3(C)C(=CC(=O)[C@@H]4[C@@]5(C)CC[C@H](O[C@H]6O[C@H](C(=O)O)[C@@H](O)[C@H](O)[C@H]6O[C@@H]6O[C@H](C(=O)O)[C@@H](O)[C@H](O)[C@H]6O)[C@](C)(CO)[C@@H]5CC[C@]43C)[C@@H]1C2. The molecule has 0 amide bonds. The number of rotatable bonds is 7. The molecule has 17 nitrogen and oxygen atoms in total. The molecule has 3 aliphatic heterocycles. The summed E-state index contributed by atoms with van der Waals surface area (Å²) < 4.78 is 29.3. The number of aliphatic hydroxyl groups excluding tert-OH is 6. The minimum atomic E-state index is -2.09. The maximum Gasteiger partial charge on any atom is 0.335 e. The molecule has 330 valence electrons. The molecule has 0 aromatic heterocycles. The normalized spacial score (nSPS) is 55.5. The molecule has 5 aliphatic carbocycles. The van der Waals surface area contributed by atoms with Gasteiger partial charge in [-0.05, 0) is 86.0 Å². The molecule has 0 aromatic carbocycles. The van der Waals surface area contributed by atoms with E-state index < -0.39 is 114 Å². The van der Waals surface area contributed by atoms with Gasteiger partial charge in [0, 0.05) is 23.2 Å². The Balaban J connectivity index is 1.09. The van der Waals surface area contributed by atoms with Crippen LogP contribution in [0.3, 0.4) is 0 Å². The first-order valence-electron chi connectivity index (χ1n) is 21.0. The first-order valence-corrected chi connectivity index (χ1v) is 21.0. The van der Waals surface area contributed by atoms with Crippen molar-refractivity contribution < 1.29 is 83.7 Å². The lowest BCUT2D eigenvalue weighted by Gasteiger charge is -2.70. The summed E-state index contributed by atoms with van der Waals surface area (Å²) in [6.07, 6.45) is -14.3. The Morgan fingerprint density at radius 2 is 1.37 bits per heavy atom. The average Bonchev–Trinajstić information content (AvgIpc) is 3.43. The smallest absolute Gasteiger partial charge is 0.335 e. The van der Waals surface area contributed by atoms with Gasteiger partial charge in [-0.25, -0.2) is 9.59 Å². The molecule has 0 radical (unpaired) electrons. The highest BCUT2D eigenvalue weighted by Gasteiger charge is 2.73. The highest BCUT2D eigenvalue weighted by molar-refractivity contribution is 5.96. The molecule has 4 saturated carbocycles. The number of carboxylic acids is 2. The summed E-state index contributed by atoms with van der Waals surface area (Å²) in [7, 11) is 0. The van der Waals surface area contributed by atoms with Gasteiger partial charge in [-0.15, -0.1) is 0 Å². The summed E-state index contributed by atoms with van der Waals surface area (Å²) in [6, 6.07) is 0. The van der Waals surface area contributed by atoms with Crippen molar-refractivity contribution in [2.45, 2.75) is 167 Å². The summed E-state index contributed by atoms with van der Waals surface area (Å²) in [5.74, 6) is -4.20. The summed E-state index contributed by atoms with van der Waals surface area (Å²) >= 11 is 0. The van der Waals surface area contributed by atoms with E-state index in [1.54, 1.807) is 0 Å². The fourth-order valence-electron chi connectivity index (χ4n) is 13.9. The number of carboxylic acid groups (broad SMARTS) is 2. The Labute approximate surface area is 342 Å². The quantitative estimate of drug-likeness (QED) is 0.129. The zero-order valence-electron chi connectivity index (χ0n) is 34.4. The number of fused-ring (bicyclic) bond motifs is 10. The second kappa shape index (κ2) is 14.0. The van der Waals surface area contributed by atoms with E-state index in [4.69, 9.17) is 23.7 Å². The largest absolute Gasteiger partial charge is 0.479 e. The molecule has 21 atom stereocenters. The first-order chi connectivity index (χ1) is 27.4. The predicted octanol–water partition coefficient (Wildman–Crippen LogP) is 0.669. The van der Waals surface area contributed by atoms with Gasteiger partial charge in [0.2, 0.25) is 0 Å². The lowest BCUT2D eigenvalue weighted by Crippen LogP contribution is -2.69. The minimum Gasteiger partial charge on any atom is -0.479 e. The summed E-state index contributed by atoms with van der Waals surface area (Å²) in [5, 5.41) is 84.2. The van der Waals surface area contributed by atoms with Crippen LogP contribution in [0.5, 0.6) is 0 Å². The summed E-state index contributed by atoms with van der Waals surface area (Å²) in [4.78, 5) is 52.0. The van der Waals surface area contributed by atoms with Crippen molar-refractivity contribution in [1.82, 2.24) is 0 Å². The number of aliphatic hydroxyl groups is 6. The van der Waals surface area contributed by atoms with Crippen LogP contribution in [0.25, 0.3) is 0 Å². The Hall–Kier alpha value is -2.58. The molecule has 0 aromatic rings. The number of esters is 1. The molecular formula is C42H60O17. The summed E-state index contributed by atoms with van der Waals surface area (Å²) in [6.45, 7) is 12.2. The van der Waals surface area contributed by atoms with E-state index in [9.17, 15) is 60.0 Å². The van der Waals surface area contributed by atoms with Crippen molar-refractivity contribution in [2.24, 2.45) is 50.2 Å². The van der Waals surface area contributed by atoms with Gasteiger partial charge in [-0.3, -0.25) is 9.59 Å². The molecule has 17 heteroatoms. The van der Waals surface area contributed by atoms with Crippen LogP contribution in [-0.2, 0) is 42.9 Å². The van der Waals surface area contributed by atoms with Gasteiger partial charge in [-0.2, -0.15) is 0 Å². The maximum atomic E-state index is 14.9. The molecule has 3 heterocycles. The van der Waals surface area contributed by atoms with Gasteiger partial charge in [0.05, 0.1) is 18.1 Å². The van der Waals surface area contributed by atoms with E-state index in [2.05, 4.69) is 27.7 Å². The Bertz CT molecular complexity index is 1800. The van der Waals surface area contributed by atoms with E-state index in [1.807, 2.05) is 19.9 Å². The van der Waals surface area contributed by atoms with Crippen molar-refractivity contribution in [2.75, 3.05) is 6.61 Å². The van der Waals surface area contributed by atoms with E-state index in [-0.39, 0.29) is 46.9 Å². The Morgan fingerprint density at radius 3 is 2.00 bits per heavy atom. The van der Waals surface area contributed by atoms with Crippen molar-refractivity contribution in [3.05, 3.63) is 11.6 Å². The maximum absolute atomic E-state index is 14.9. The third kappa shape index (κ3) is 5.85. The van der Waals surface area contributed by atoms with Gasteiger partial charge in [0.25, 0.3) is 0 Å². The number of hydrogen-bond donors (Lipinski definition) is 8. The van der Waals surface area contributed by atoms with Crippen LogP contribution in [0, 0.1) is 50.2 Å². The monoisotopic (exact) mass is 836 g/mol. The number of aliphatic carboxylic acids is 2. The van der Waals surface area contributed by atoms with E-state index in [1.165, 1.54) is 0 Å². The van der Waals surface area contributed by atoms with Crippen LogP contribution in [-0.4, -0.2) is 145 Å². The Kier molecular flexibility index (Phi) is 10.2. The van der Waals surface area contributed by atoms with Gasteiger partial charge in [-0.1, -0.05) is 40.2 Å². The molecule has 3 saturated heterocycles.